The zero-order valence-electron chi connectivity index (χ0n) is 15.3. The molecule has 0 fully saturated rings. The summed E-state index contributed by atoms with van der Waals surface area (Å²) in [5, 5.41) is 7.20. The van der Waals surface area contributed by atoms with E-state index in [4.69, 9.17) is 4.74 Å². The summed E-state index contributed by atoms with van der Waals surface area (Å²) in [6, 6.07) is 9.66. The van der Waals surface area contributed by atoms with Crippen LogP contribution in [0.3, 0.4) is 0 Å². The first-order chi connectivity index (χ1) is 13.1. The van der Waals surface area contributed by atoms with Gasteiger partial charge in [0.05, 0.1) is 29.7 Å². The van der Waals surface area contributed by atoms with Gasteiger partial charge in [0.25, 0.3) is 5.91 Å². The normalized spacial score (nSPS) is 10.6. The summed E-state index contributed by atoms with van der Waals surface area (Å²) in [5.41, 5.74) is 2.76. The molecule has 0 aliphatic carbocycles. The van der Waals surface area contributed by atoms with Gasteiger partial charge in [-0.15, -0.1) is 0 Å². The van der Waals surface area contributed by atoms with Crippen LogP contribution in [-0.4, -0.2) is 27.3 Å². The minimum atomic E-state index is -0.316. The van der Waals surface area contributed by atoms with Gasteiger partial charge in [-0.1, -0.05) is 13.0 Å². The summed E-state index contributed by atoms with van der Waals surface area (Å²) >= 11 is 0. The quantitative estimate of drug-likeness (QED) is 0.695. The number of halogens is 1. The molecule has 0 radical (unpaired) electrons. The van der Waals surface area contributed by atoms with Crippen molar-refractivity contribution < 1.29 is 13.9 Å². The molecule has 6 nitrogen and oxygen atoms in total. The van der Waals surface area contributed by atoms with Crippen LogP contribution in [0.15, 0.2) is 48.8 Å². The van der Waals surface area contributed by atoms with E-state index < -0.39 is 0 Å². The predicted molar refractivity (Wildman–Crippen MR) is 99.5 cm³/mol. The molecule has 0 saturated heterocycles. The number of aromatic nitrogens is 3. The van der Waals surface area contributed by atoms with Crippen molar-refractivity contribution in [2.75, 3.05) is 6.61 Å². The highest BCUT2D eigenvalue weighted by molar-refractivity contribution is 5.95. The van der Waals surface area contributed by atoms with Crippen LogP contribution in [0, 0.1) is 5.82 Å². The van der Waals surface area contributed by atoms with Gasteiger partial charge in [-0.2, -0.15) is 5.10 Å². The van der Waals surface area contributed by atoms with E-state index in [2.05, 4.69) is 15.4 Å². The largest absolute Gasteiger partial charge is 0.478 e. The number of ether oxygens (including phenoxy) is 1. The standard InChI is InChI=1S/C20H21FN4O2/c1-3-18-17(13-24-25(18)16-9-7-15(21)8-10-16)19(26)23-12-14-6-5-11-22-20(14)27-4-2/h5-11,13H,3-4,12H2,1-2H3,(H,23,26). The van der Waals surface area contributed by atoms with E-state index in [1.54, 1.807) is 29.1 Å². The maximum atomic E-state index is 13.2. The molecule has 140 valence electrons. The summed E-state index contributed by atoms with van der Waals surface area (Å²) in [7, 11) is 0. The number of nitrogens with one attached hydrogen (secondary N) is 1. The van der Waals surface area contributed by atoms with E-state index in [0.717, 1.165) is 11.3 Å². The minimum Gasteiger partial charge on any atom is -0.478 e. The summed E-state index contributed by atoms with van der Waals surface area (Å²) in [6.45, 7) is 4.63. The number of hydrogen-bond acceptors (Lipinski definition) is 4. The van der Waals surface area contributed by atoms with Gasteiger partial charge in [0.15, 0.2) is 0 Å². The summed E-state index contributed by atoms with van der Waals surface area (Å²) < 4.78 is 20.3. The van der Waals surface area contributed by atoms with Gasteiger partial charge in [0.1, 0.15) is 5.82 Å². The third kappa shape index (κ3) is 4.13. The third-order valence-corrected chi connectivity index (χ3v) is 4.09. The summed E-state index contributed by atoms with van der Waals surface area (Å²) in [5.74, 6) is -0.0342. The van der Waals surface area contributed by atoms with Crippen LogP contribution >= 0.6 is 0 Å². The van der Waals surface area contributed by atoms with Crippen molar-refractivity contribution in [2.45, 2.75) is 26.8 Å². The minimum absolute atomic E-state index is 0.230. The lowest BCUT2D eigenvalue weighted by Crippen LogP contribution is -2.24. The van der Waals surface area contributed by atoms with Gasteiger partial charge in [-0.3, -0.25) is 4.79 Å². The Balaban J connectivity index is 1.79. The highest BCUT2D eigenvalue weighted by Gasteiger charge is 2.17. The maximum absolute atomic E-state index is 13.2. The highest BCUT2D eigenvalue weighted by atomic mass is 19.1. The fraction of sp³-hybridized carbons (Fsp3) is 0.250. The Morgan fingerprint density at radius 2 is 2.00 bits per heavy atom. The van der Waals surface area contributed by atoms with Crippen molar-refractivity contribution in [3.8, 4) is 11.6 Å². The molecule has 1 aromatic carbocycles. The Morgan fingerprint density at radius 3 is 2.70 bits per heavy atom. The Bertz CT molecular complexity index is 922. The average Bonchev–Trinajstić information content (AvgIpc) is 3.12. The zero-order valence-corrected chi connectivity index (χ0v) is 15.3. The Kier molecular flexibility index (Phi) is 5.80. The molecule has 2 heterocycles. The van der Waals surface area contributed by atoms with Crippen LogP contribution in [0.1, 0.15) is 35.5 Å². The molecular weight excluding hydrogens is 347 g/mol. The summed E-state index contributed by atoms with van der Waals surface area (Å²) in [4.78, 5) is 16.9. The van der Waals surface area contributed by atoms with E-state index >= 15 is 0 Å². The Hall–Kier alpha value is -3.22. The van der Waals surface area contributed by atoms with Crippen molar-refractivity contribution in [3.05, 3.63) is 71.4 Å². The van der Waals surface area contributed by atoms with Crippen molar-refractivity contribution in [1.82, 2.24) is 20.1 Å². The van der Waals surface area contributed by atoms with E-state index in [0.29, 0.717) is 36.7 Å². The molecule has 1 amide bonds. The molecule has 0 saturated carbocycles. The van der Waals surface area contributed by atoms with Crippen molar-refractivity contribution in [1.29, 1.82) is 0 Å². The fourth-order valence-corrected chi connectivity index (χ4v) is 2.80. The second kappa shape index (κ2) is 8.44. The first kappa shape index (κ1) is 18.6. The molecule has 1 N–H and O–H groups in total. The van der Waals surface area contributed by atoms with Gasteiger partial charge in [0.2, 0.25) is 5.88 Å². The molecule has 2 aromatic heterocycles. The van der Waals surface area contributed by atoms with Crippen molar-refractivity contribution >= 4 is 5.91 Å². The lowest BCUT2D eigenvalue weighted by Gasteiger charge is -2.11. The van der Waals surface area contributed by atoms with Gasteiger partial charge < -0.3 is 10.1 Å². The molecule has 0 unspecified atom stereocenters. The number of pyridine rings is 1. The van der Waals surface area contributed by atoms with Gasteiger partial charge in [0, 0.05) is 18.3 Å². The fourth-order valence-electron chi connectivity index (χ4n) is 2.80. The van der Waals surface area contributed by atoms with E-state index in [1.165, 1.54) is 18.3 Å². The number of amides is 1. The lowest BCUT2D eigenvalue weighted by atomic mass is 10.1. The number of rotatable bonds is 7. The van der Waals surface area contributed by atoms with Crippen LogP contribution in [0.5, 0.6) is 5.88 Å². The predicted octanol–water partition coefficient (Wildman–Crippen LogP) is 3.30. The molecule has 0 aliphatic heterocycles. The SMILES string of the molecule is CCOc1ncccc1CNC(=O)c1cnn(-c2ccc(F)cc2)c1CC. The highest BCUT2D eigenvalue weighted by Crippen LogP contribution is 2.18. The molecule has 27 heavy (non-hydrogen) atoms. The lowest BCUT2D eigenvalue weighted by molar-refractivity contribution is 0.0949. The van der Waals surface area contributed by atoms with Crippen LogP contribution in [0.4, 0.5) is 4.39 Å². The van der Waals surface area contributed by atoms with Crippen LogP contribution < -0.4 is 10.1 Å². The van der Waals surface area contributed by atoms with Crippen molar-refractivity contribution in [2.24, 2.45) is 0 Å². The van der Waals surface area contributed by atoms with Crippen molar-refractivity contribution in [3.63, 3.8) is 0 Å². The first-order valence-electron chi connectivity index (χ1n) is 8.81. The number of hydrogen-bond donors (Lipinski definition) is 1. The second-order valence-electron chi connectivity index (χ2n) is 5.83. The number of nitrogens with zero attached hydrogens (tertiary/aromatic N) is 3. The van der Waals surface area contributed by atoms with Gasteiger partial charge in [-0.05, 0) is 43.7 Å². The number of carbonyl (C=O) groups is 1. The van der Waals surface area contributed by atoms with Crippen LogP contribution in [0.2, 0.25) is 0 Å². The summed E-state index contributed by atoms with van der Waals surface area (Å²) in [6.07, 6.45) is 3.79. The molecular formula is C20H21FN4O2. The van der Waals surface area contributed by atoms with Gasteiger partial charge in [-0.25, -0.2) is 14.1 Å². The third-order valence-electron chi connectivity index (χ3n) is 4.09. The monoisotopic (exact) mass is 368 g/mol. The first-order valence-corrected chi connectivity index (χ1v) is 8.81. The Labute approximate surface area is 157 Å². The molecule has 3 aromatic rings. The molecule has 0 bridgehead atoms. The Morgan fingerprint density at radius 1 is 1.22 bits per heavy atom. The number of carbonyl (C=O) groups excluding carboxylic acids is 1. The molecule has 0 spiro atoms. The van der Waals surface area contributed by atoms with Gasteiger partial charge >= 0.3 is 0 Å². The molecule has 7 heteroatoms. The zero-order chi connectivity index (χ0) is 19.2. The molecule has 3 rings (SSSR count). The average molecular weight is 368 g/mol. The van der Waals surface area contributed by atoms with Crippen LogP contribution in [-0.2, 0) is 13.0 Å². The smallest absolute Gasteiger partial charge is 0.255 e. The molecule has 0 aliphatic rings. The van der Waals surface area contributed by atoms with E-state index in [1.807, 2.05) is 19.9 Å². The van der Waals surface area contributed by atoms with E-state index in [9.17, 15) is 9.18 Å². The maximum Gasteiger partial charge on any atom is 0.255 e. The topological polar surface area (TPSA) is 69.0 Å². The second-order valence-corrected chi connectivity index (χ2v) is 5.83. The van der Waals surface area contributed by atoms with E-state index in [-0.39, 0.29) is 11.7 Å². The molecule has 0 atom stereocenters. The van der Waals surface area contributed by atoms with Crippen LogP contribution in [0.25, 0.3) is 5.69 Å². The number of benzene rings is 1.